The van der Waals surface area contributed by atoms with Gasteiger partial charge in [-0.25, -0.2) is 0 Å². The molecule has 1 aromatic carbocycles. The minimum Gasteiger partial charge on any atom is -0.493 e. The largest absolute Gasteiger partial charge is 0.493 e. The molecule has 0 fully saturated rings. The minimum absolute atomic E-state index is 0.659. The third kappa shape index (κ3) is 6.95. The van der Waals surface area contributed by atoms with Crippen LogP contribution < -0.4 is 10.1 Å². The van der Waals surface area contributed by atoms with Gasteiger partial charge in [0.25, 0.3) is 0 Å². The lowest BCUT2D eigenvalue weighted by molar-refractivity contribution is 0.172. The highest BCUT2D eigenvalue weighted by Gasteiger charge is 2.03. The van der Waals surface area contributed by atoms with Crippen molar-refractivity contribution in [1.82, 2.24) is 5.32 Å². The van der Waals surface area contributed by atoms with E-state index in [4.69, 9.17) is 9.47 Å². The number of ether oxygens (including phenoxy) is 2. The van der Waals surface area contributed by atoms with Gasteiger partial charge in [-0.05, 0) is 36.2 Å². The zero-order valence-electron chi connectivity index (χ0n) is 12.0. The molecule has 0 aromatic heterocycles. The first kappa shape index (κ1) is 16.5. The summed E-state index contributed by atoms with van der Waals surface area (Å²) in [7, 11) is 1.71. The van der Waals surface area contributed by atoms with Gasteiger partial charge in [-0.1, -0.05) is 29.8 Å². The maximum Gasteiger partial charge on any atom is 0.119 e. The van der Waals surface area contributed by atoms with E-state index in [0.29, 0.717) is 12.5 Å². The van der Waals surface area contributed by atoms with Crippen LogP contribution in [0.5, 0.6) is 5.75 Å². The number of halogens is 1. The van der Waals surface area contributed by atoms with Crippen molar-refractivity contribution >= 4 is 15.9 Å². The Morgan fingerprint density at radius 1 is 1.26 bits per heavy atom. The van der Waals surface area contributed by atoms with Crippen LogP contribution in [0.15, 0.2) is 22.7 Å². The molecule has 1 N–H and O–H groups in total. The van der Waals surface area contributed by atoms with Crippen molar-refractivity contribution < 1.29 is 9.47 Å². The van der Waals surface area contributed by atoms with Crippen LogP contribution in [-0.4, -0.2) is 26.9 Å². The summed E-state index contributed by atoms with van der Waals surface area (Å²) >= 11 is 3.58. The van der Waals surface area contributed by atoms with E-state index in [9.17, 15) is 0 Å². The molecule has 1 aromatic rings. The monoisotopic (exact) mass is 329 g/mol. The van der Waals surface area contributed by atoms with Gasteiger partial charge in [0.15, 0.2) is 0 Å². The fourth-order valence-corrected chi connectivity index (χ4v) is 2.05. The number of nitrogens with one attached hydrogen (secondary N) is 1. The fourth-order valence-electron chi connectivity index (χ4n) is 1.67. The molecular weight excluding hydrogens is 306 g/mol. The SMILES string of the molecule is COCCCOc1ccc(Br)c(CNCC(C)C)c1. The second-order valence-corrected chi connectivity index (χ2v) is 5.83. The molecule has 0 spiro atoms. The highest BCUT2D eigenvalue weighted by Crippen LogP contribution is 2.22. The van der Waals surface area contributed by atoms with Crippen LogP contribution in [0.1, 0.15) is 25.8 Å². The Kier molecular flexibility index (Phi) is 8.10. The van der Waals surface area contributed by atoms with E-state index in [0.717, 1.165) is 36.3 Å². The summed E-state index contributed by atoms with van der Waals surface area (Å²) in [5, 5.41) is 3.44. The topological polar surface area (TPSA) is 30.5 Å². The van der Waals surface area contributed by atoms with Crippen LogP contribution >= 0.6 is 15.9 Å². The second kappa shape index (κ2) is 9.34. The molecule has 0 radical (unpaired) electrons. The van der Waals surface area contributed by atoms with Gasteiger partial charge in [0, 0.05) is 31.2 Å². The van der Waals surface area contributed by atoms with Crippen molar-refractivity contribution in [2.75, 3.05) is 26.9 Å². The lowest BCUT2D eigenvalue weighted by atomic mass is 10.2. The Morgan fingerprint density at radius 3 is 2.74 bits per heavy atom. The predicted molar refractivity (Wildman–Crippen MR) is 82.7 cm³/mol. The molecular formula is C15H24BrNO2. The first-order valence-electron chi connectivity index (χ1n) is 6.74. The van der Waals surface area contributed by atoms with Gasteiger partial charge in [0.2, 0.25) is 0 Å². The van der Waals surface area contributed by atoms with Crippen LogP contribution in [0.2, 0.25) is 0 Å². The number of methoxy groups -OCH3 is 1. The molecule has 108 valence electrons. The number of hydrogen-bond donors (Lipinski definition) is 1. The first-order valence-corrected chi connectivity index (χ1v) is 7.53. The van der Waals surface area contributed by atoms with Crippen molar-refractivity contribution in [3.05, 3.63) is 28.2 Å². The molecule has 0 amide bonds. The summed E-state index contributed by atoms with van der Waals surface area (Å²) in [5.74, 6) is 1.58. The van der Waals surface area contributed by atoms with Crippen LogP contribution in [0.25, 0.3) is 0 Å². The molecule has 19 heavy (non-hydrogen) atoms. The van der Waals surface area contributed by atoms with Crippen LogP contribution in [0.3, 0.4) is 0 Å². The predicted octanol–water partition coefficient (Wildman–Crippen LogP) is 3.61. The highest BCUT2D eigenvalue weighted by atomic mass is 79.9. The third-order valence-corrected chi connectivity index (χ3v) is 3.42. The average molecular weight is 330 g/mol. The molecule has 0 aliphatic rings. The van der Waals surface area contributed by atoms with Crippen molar-refractivity contribution in [3.8, 4) is 5.75 Å². The molecule has 1 rings (SSSR count). The van der Waals surface area contributed by atoms with Gasteiger partial charge >= 0.3 is 0 Å². The van der Waals surface area contributed by atoms with Gasteiger partial charge in [-0.15, -0.1) is 0 Å². The quantitative estimate of drug-likeness (QED) is 0.702. The minimum atomic E-state index is 0.659. The molecule has 4 heteroatoms. The van der Waals surface area contributed by atoms with E-state index in [-0.39, 0.29) is 0 Å². The standard InChI is InChI=1S/C15H24BrNO2/c1-12(2)10-17-11-13-9-14(5-6-15(13)16)19-8-4-7-18-3/h5-6,9,12,17H,4,7-8,10-11H2,1-3H3. The number of hydrogen-bond acceptors (Lipinski definition) is 3. The van der Waals surface area contributed by atoms with Gasteiger partial charge < -0.3 is 14.8 Å². The Hall–Kier alpha value is -0.580. The lowest BCUT2D eigenvalue weighted by Gasteiger charge is -2.11. The summed E-state index contributed by atoms with van der Waals surface area (Å²) in [6.07, 6.45) is 0.910. The molecule has 0 heterocycles. The molecule has 0 unspecified atom stereocenters. The Morgan fingerprint density at radius 2 is 2.05 bits per heavy atom. The van der Waals surface area contributed by atoms with Gasteiger partial charge in [0.05, 0.1) is 6.61 Å². The first-order chi connectivity index (χ1) is 9.13. The molecule has 0 bridgehead atoms. The van der Waals surface area contributed by atoms with Crippen molar-refractivity contribution in [1.29, 1.82) is 0 Å². The number of benzene rings is 1. The van der Waals surface area contributed by atoms with E-state index in [1.165, 1.54) is 5.56 Å². The van der Waals surface area contributed by atoms with Gasteiger partial charge in [-0.2, -0.15) is 0 Å². The second-order valence-electron chi connectivity index (χ2n) is 4.97. The zero-order chi connectivity index (χ0) is 14.1. The van der Waals surface area contributed by atoms with E-state index >= 15 is 0 Å². The molecule has 3 nitrogen and oxygen atoms in total. The number of rotatable bonds is 9. The highest BCUT2D eigenvalue weighted by molar-refractivity contribution is 9.10. The van der Waals surface area contributed by atoms with E-state index in [1.54, 1.807) is 7.11 Å². The van der Waals surface area contributed by atoms with E-state index in [1.807, 2.05) is 12.1 Å². The molecule has 0 aliphatic heterocycles. The maximum absolute atomic E-state index is 5.70. The summed E-state index contributed by atoms with van der Waals surface area (Å²) in [4.78, 5) is 0. The molecule has 0 aliphatic carbocycles. The van der Waals surface area contributed by atoms with Crippen molar-refractivity contribution in [2.24, 2.45) is 5.92 Å². The van der Waals surface area contributed by atoms with Gasteiger partial charge in [0.1, 0.15) is 5.75 Å². The summed E-state index contributed by atoms with van der Waals surface area (Å²) in [6.45, 7) is 7.71. The van der Waals surface area contributed by atoms with Crippen molar-refractivity contribution in [2.45, 2.75) is 26.8 Å². The Bertz CT molecular complexity index is 369. The Balaban J connectivity index is 2.46. The Labute approximate surface area is 124 Å². The fraction of sp³-hybridized carbons (Fsp3) is 0.600. The van der Waals surface area contributed by atoms with Crippen LogP contribution in [0, 0.1) is 5.92 Å². The van der Waals surface area contributed by atoms with E-state index < -0.39 is 0 Å². The lowest BCUT2D eigenvalue weighted by Crippen LogP contribution is -2.19. The summed E-state index contributed by atoms with van der Waals surface area (Å²) in [6, 6.07) is 6.12. The molecule has 0 atom stereocenters. The molecule has 0 saturated carbocycles. The van der Waals surface area contributed by atoms with Crippen LogP contribution in [-0.2, 0) is 11.3 Å². The van der Waals surface area contributed by atoms with Crippen molar-refractivity contribution in [3.63, 3.8) is 0 Å². The normalized spacial score (nSPS) is 11.0. The van der Waals surface area contributed by atoms with E-state index in [2.05, 4.69) is 41.2 Å². The maximum atomic E-state index is 5.70. The molecule has 0 saturated heterocycles. The summed E-state index contributed by atoms with van der Waals surface area (Å²) in [5.41, 5.74) is 1.23. The van der Waals surface area contributed by atoms with Gasteiger partial charge in [-0.3, -0.25) is 0 Å². The smallest absolute Gasteiger partial charge is 0.119 e. The van der Waals surface area contributed by atoms with Crippen LogP contribution in [0.4, 0.5) is 0 Å². The average Bonchev–Trinajstić information content (AvgIpc) is 2.37. The third-order valence-electron chi connectivity index (χ3n) is 2.65. The zero-order valence-corrected chi connectivity index (χ0v) is 13.6. The summed E-state index contributed by atoms with van der Waals surface area (Å²) < 4.78 is 11.8.